The van der Waals surface area contributed by atoms with E-state index in [1.165, 1.54) is 0 Å². The Balaban J connectivity index is 2.29. The van der Waals surface area contributed by atoms with Gasteiger partial charge in [0.2, 0.25) is 0 Å². The van der Waals surface area contributed by atoms with Crippen LogP contribution in [0, 0.1) is 4.91 Å². The molecule has 0 aliphatic heterocycles. The summed E-state index contributed by atoms with van der Waals surface area (Å²) in [6.07, 6.45) is 4.04. The molecule has 110 valence electrons. The lowest BCUT2D eigenvalue weighted by molar-refractivity contribution is 0.0527. The van der Waals surface area contributed by atoms with Gasteiger partial charge in [0.15, 0.2) is 0 Å². The van der Waals surface area contributed by atoms with Crippen molar-refractivity contribution in [1.82, 2.24) is 10.3 Å². The van der Waals surface area contributed by atoms with E-state index in [0.29, 0.717) is 19.4 Å². The van der Waals surface area contributed by atoms with Gasteiger partial charge >= 0.3 is 6.09 Å². The summed E-state index contributed by atoms with van der Waals surface area (Å²) in [6.45, 7) is 5.87. The van der Waals surface area contributed by atoms with Crippen molar-refractivity contribution in [2.45, 2.75) is 45.3 Å². The first-order valence-corrected chi connectivity index (χ1v) is 6.61. The van der Waals surface area contributed by atoms with Gasteiger partial charge in [0.1, 0.15) is 11.6 Å². The molecule has 1 atom stereocenters. The molecule has 1 rings (SSSR count). The first-order chi connectivity index (χ1) is 9.42. The number of hydrogen-bond acceptors (Lipinski definition) is 5. The van der Waals surface area contributed by atoms with Crippen molar-refractivity contribution < 1.29 is 9.53 Å². The predicted molar refractivity (Wildman–Crippen MR) is 76.2 cm³/mol. The van der Waals surface area contributed by atoms with Crippen LogP contribution < -0.4 is 5.32 Å². The van der Waals surface area contributed by atoms with Crippen LogP contribution in [0.1, 0.15) is 45.2 Å². The van der Waals surface area contributed by atoms with Crippen LogP contribution in [-0.4, -0.2) is 23.2 Å². The van der Waals surface area contributed by atoms with E-state index in [2.05, 4.69) is 15.5 Å². The lowest BCUT2D eigenvalue weighted by Gasteiger charge is -2.19. The number of carbonyl (C=O) groups excluding carboxylic acids is 1. The monoisotopic (exact) mass is 279 g/mol. The minimum atomic E-state index is -0.506. The molecule has 1 heterocycles. The Morgan fingerprint density at radius 3 is 2.60 bits per heavy atom. The molecule has 1 aromatic heterocycles. The van der Waals surface area contributed by atoms with Crippen LogP contribution >= 0.6 is 0 Å². The average molecular weight is 279 g/mol. The molecule has 0 aliphatic rings. The van der Waals surface area contributed by atoms with Crippen molar-refractivity contribution >= 4 is 6.09 Å². The van der Waals surface area contributed by atoms with E-state index >= 15 is 0 Å². The van der Waals surface area contributed by atoms with E-state index in [4.69, 9.17) is 4.74 Å². The van der Waals surface area contributed by atoms with Crippen LogP contribution in [0.3, 0.4) is 0 Å². The molecule has 0 spiro atoms. The molecule has 1 amide bonds. The summed E-state index contributed by atoms with van der Waals surface area (Å²) < 4.78 is 5.11. The normalized spacial score (nSPS) is 12.6. The van der Waals surface area contributed by atoms with Crippen molar-refractivity contribution in [3.63, 3.8) is 0 Å². The molecule has 6 nitrogen and oxygen atoms in total. The summed E-state index contributed by atoms with van der Waals surface area (Å²) in [4.78, 5) is 26.2. The number of hydrogen-bond donors (Lipinski definition) is 1. The molecule has 1 unspecified atom stereocenters. The maximum absolute atomic E-state index is 11.4. The number of rotatable bonds is 6. The Bertz CT molecular complexity index is 429. The molecule has 6 heteroatoms. The molecule has 0 aromatic carbocycles. The number of alkyl carbamates (subject to hydrolysis) is 1. The molecule has 0 bridgehead atoms. The molecule has 0 saturated carbocycles. The van der Waals surface area contributed by atoms with Gasteiger partial charge in [-0.05, 0) is 51.3 Å². The van der Waals surface area contributed by atoms with Crippen LogP contribution in [0.5, 0.6) is 0 Å². The third kappa shape index (κ3) is 6.26. The zero-order chi connectivity index (χ0) is 15.0. The van der Waals surface area contributed by atoms with Crippen LogP contribution in [0.15, 0.2) is 29.7 Å². The van der Waals surface area contributed by atoms with Crippen molar-refractivity contribution in [2.75, 3.05) is 6.54 Å². The summed E-state index contributed by atoms with van der Waals surface area (Å²) in [5.41, 5.74) is 0.334. The van der Waals surface area contributed by atoms with Crippen LogP contribution in [0.4, 0.5) is 4.79 Å². The quantitative estimate of drug-likeness (QED) is 0.640. The van der Waals surface area contributed by atoms with Gasteiger partial charge in [-0.2, -0.15) is 4.91 Å². The third-order valence-corrected chi connectivity index (χ3v) is 2.54. The predicted octanol–water partition coefficient (Wildman–Crippen LogP) is 3.19. The minimum Gasteiger partial charge on any atom is -0.444 e. The maximum atomic E-state index is 11.4. The Labute approximate surface area is 118 Å². The molecule has 0 saturated heterocycles. The number of nitrogens with one attached hydrogen (secondary N) is 1. The minimum absolute atomic E-state index is 0.404. The first kappa shape index (κ1) is 16.1. The highest BCUT2D eigenvalue weighted by Gasteiger charge is 2.16. The first-order valence-electron chi connectivity index (χ1n) is 6.61. The largest absolute Gasteiger partial charge is 0.444 e. The number of nitroso groups, excluding NO2 is 1. The van der Waals surface area contributed by atoms with Gasteiger partial charge in [-0.25, -0.2) is 4.79 Å². The highest BCUT2D eigenvalue weighted by Crippen LogP contribution is 2.21. The fourth-order valence-electron chi connectivity index (χ4n) is 1.67. The summed E-state index contributed by atoms with van der Waals surface area (Å²) in [7, 11) is 0. The SMILES string of the molecule is CC(C)(C)OC(=O)NCCCC(N=O)c1ccncc1. The molecule has 0 aliphatic carbocycles. The molecule has 20 heavy (non-hydrogen) atoms. The number of amides is 1. The zero-order valence-corrected chi connectivity index (χ0v) is 12.1. The molecular formula is C14H21N3O3. The number of ether oxygens (including phenoxy) is 1. The van der Waals surface area contributed by atoms with E-state index < -0.39 is 17.7 Å². The fraction of sp³-hybridized carbons (Fsp3) is 0.571. The van der Waals surface area contributed by atoms with Gasteiger partial charge in [-0.3, -0.25) is 4.98 Å². The fourth-order valence-corrected chi connectivity index (χ4v) is 1.67. The van der Waals surface area contributed by atoms with Crippen molar-refractivity contribution in [3.8, 4) is 0 Å². The number of aromatic nitrogens is 1. The number of nitrogens with zero attached hydrogens (tertiary/aromatic N) is 2. The lowest BCUT2D eigenvalue weighted by Crippen LogP contribution is -2.33. The van der Waals surface area contributed by atoms with Crippen LogP contribution in [0.25, 0.3) is 0 Å². The standard InChI is InChI=1S/C14H21N3O3/c1-14(2,3)20-13(18)16-8-4-5-12(17-19)11-6-9-15-10-7-11/h6-7,9-10,12H,4-5,8H2,1-3H3,(H,16,18). The zero-order valence-electron chi connectivity index (χ0n) is 12.1. The molecular weight excluding hydrogens is 258 g/mol. The molecule has 1 N–H and O–H groups in total. The lowest BCUT2D eigenvalue weighted by atomic mass is 10.0. The van der Waals surface area contributed by atoms with E-state index in [1.54, 1.807) is 24.5 Å². The van der Waals surface area contributed by atoms with E-state index in [9.17, 15) is 9.70 Å². The van der Waals surface area contributed by atoms with Gasteiger partial charge in [-0.1, -0.05) is 5.18 Å². The van der Waals surface area contributed by atoms with Gasteiger partial charge in [0, 0.05) is 18.9 Å². The molecule has 1 aromatic rings. The van der Waals surface area contributed by atoms with Crippen LogP contribution in [-0.2, 0) is 4.74 Å². The van der Waals surface area contributed by atoms with Gasteiger partial charge in [-0.15, -0.1) is 0 Å². The average Bonchev–Trinajstić information content (AvgIpc) is 2.38. The number of carbonyl (C=O) groups is 1. The summed E-state index contributed by atoms with van der Waals surface area (Å²) >= 11 is 0. The van der Waals surface area contributed by atoms with E-state index in [-0.39, 0.29) is 0 Å². The Morgan fingerprint density at radius 1 is 1.40 bits per heavy atom. The molecule has 0 fully saturated rings. The Morgan fingerprint density at radius 2 is 2.05 bits per heavy atom. The maximum Gasteiger partial charge on any atom is 0.407 e. The Hall–Kier alpha value is -1.98. The highest BCUT2D eigenvalue weighted by atomic mass is 16.6. The second-order valence-corrected chi connectivity index (χ2v) is 5.47. The van der Waals surface area contributed by atoms with Gasteiger partial charge < -0.3 is 10.1 Å². The van der Waals surface area contributed by atoms with Gasteiger partial charge in [0.25, 0.3) is 0 Å². The second kappa shape index (κ2) is 7.57. The third-order valence-electron chi connectivity index (χ3n) is 2.54. The smallest absolute Gasteiger partial charge is 0.407 e. The van der Waals surface area contributed by atoms with Crippen LogP contribution in [0.2, 0.25) is 0 Å². The van der Waals surface area contributed by atoms with Crippen molar-refractivity contribution in [2.24, 2.45) is 5.18 Å². The topological polar surface area (TPSA) is 80.6 Å². The number of pyridine rings is 1. The highest BCUT2D eigenvalue weighted by molar-refractivity contribution is 5.67. The second-order valence-electron chi connectivity index (χ2n) is 5.47. The summed E-state index contributed by atoms with van der Waals surface area (Å²) in [5, 5.41) is 5.77. The Kier molecular flexibility index (Phi) is 6.09. The van der Waals surface area contributed by atoms with Gasteiger partial charge in [0.05, 0.1) is 0 Å². The summed E-state index contributed by atoms with van der Waals surface area (Å²) in [6, 6.07) is 3.14. The summed E-state index contributed by atoms with van der Waals surface area (Å²) in [5.74, 6) is 0. The van der Waals surface area contributed by atoms with Crippen molar-refractivity contribution in [3.05, 3.63) is 35.0 Å². The van der Waals surface area contributed by atoms with E-state index in [0.717, 1.165) is 5.56 Å². The molecule has 0 radical (unpaired) electrons. The van der Waals surface area contributed by atoms with E-state index in [1.807, 2.05) is 20.8 Å². The van der Waals surface area contributed by atoms with Crippen molar-refractivity contribution in [1.29, 1.82) is 0 Å².